The first-order valence-electron chi connectivity index (χ1n) is 7.31. The third-order valence-corrected chi connectivity index (χ3v) is 3.95. The van der Waals surface area contributed by atoms with Gasteiger partial charge in [-0.25, -0.2) is 9.87 Å². The van der Waals surface area contributed by atoms with Crippen LogP contribution in [0.4, 0.5) is 10.1 Å². The molecule has 0 bridgehead atoms. The molecule has 0 unspecified atom stereocenters. The molecule has 2 N–H and O–H groups in total. The van der Waals surface area contributed by atoms with Crippen LogP contribution in [0.25, 0.3) is 0 Å². The van der Waals surface area contributed by atoms with Gasteiger partial charge >= 0.3 is 0 Å². The van der Waals surface area contributed by atoms with E-state index in [2.05, 4.69) is 0 Å². The van der Waals surface area contributed by atoms with Crippen molar-refractivity contribution in [3.63, 3.8) is 0 Å². The summed E-state index contributed by atoms with van der Waals surface area (Å²) in [6, 6.07) is 11.5. The second kappa shape index (κ2) is 6.26. The smallest absolute Gasteiger partial charge is 0.274 e. The third kappa shape index (κ3) is 2.98. The Morgan fingerprint density at radius 1 is 1.35 bits per heavy atom. The van der Waals surface area contributed by atoms with Gasteiger partial charge in [-0.3, -0.25) is 10.0 Å². The number of fused-ring (bicyclic) bond motifs is 1. The number of amides is 1. The normalized spacial score (nSPS) is 17.0. The lowest BCUT2D eigenvalue weighted by Crippen LogP contribution is -2.35. The summed E-state index contributed by atoms with van der Waals surface area (Å²) in [5.41, 5.74) is 3.28. The number of anilines is 1. The van der Waals surface area contributed by atoms with Crippen LogP contribution in [0.1, 0.15) is 22.8 Å². The van der Waals surface area contributed by atoms with Crippen LogP contribution in [-0.2, 0) is 6.54 Å². The molecule has 0 aromatic heterocycles. The molecule has 5 nitrogen and oxygen atoms in total. The molecular weight excluding hydrogens is 299 g/mol. The maximum atomic E-state index is 14.1. The van der Waals surface area contributed by atoms with Crippen LogP contribution in [0.3, 0.4) is 0 Å². The fraction of sp³-hybridized carbons (Fsp3) is 0.235. The first kappa shape index (κ1) is 15.3. The number of carbonyl (C=O) groups excluding carboxylic acids is 1. The molecule has 1 heterocycles. The van der Waals surface area contributed by atoms with Gasteiger partial charge in [0.2, 0.25) is 0 Å². The van der Waals surface area contributed by atoms with Crippen molar-refractivity contribution in [3.05, 3.63) is 59.4 Å². The number of hydrogen-bond donors (Lipinski definition) is 2. The Bertz CT molecular complexity index is 736. The van der Waals surface area contributed by atoms with Crippen molar-refractivity contribution >= 4 is 11.6 Å². The van der Waals surface area contributed by atoms with Gasteiger partial charge in [-0.2, -0.15) is 0 Å². The van der Waals surface area contributed by atoms with Gasteiger partial charge in [0.25, 0.3) is 5.91 Å². The van der Waals surface area contributed by atoms with Gasteiger partial charge in [-0.05, 0) is 31.2 Å². The summed E-state index contributed by atoms with van der Waals surface area (Å²) >= 11 is 0. The number of ether oxygens (including phenoxy) is 1. The molecule has 0 fully saturated rings. The van der Waals surface area contributed by atoms with E-state index < -0.39 is 5.91 Å². The zero-order valence-electron chi connectivity index (χ0n) is 12.6. The highest BCUT2D eigenvalue weighted by Gasteiger charge is 2.24. The molecule has 2 aromatic carbocycles. The number of nitrogens with one attached hydrogen (secondary N) is 1. The lowest BCUT2D eigenvalue weighted by Gasteiger charge is -2.28. The number of benzene rings is 2. The number of nitrogens with zero attached hydrogens (tertiary/aromatic N) is 1. The monoisotopic (exact) mass is 316 g/mol. The van der Waals surface area contributed by atoms with E-state index in [-0.39, 0.29) is 11.9 Å². The molecule has 120 valence electrons. The van der Waals surface area contributed by atoms with Crippen LogP contribution in [0, 0.1) is 5.82 Å². The Morgan fingerprint density at radius 3 is 2.87 bits per heavy atom. The summed E-state index contributed by atoms with van der Waals surface area (Å²) in [5, 5.41) is 8.72. The van der Waals surface area contributed by atoms with Crippen molar-refractivity contribution in [1.29, 1.82) is 0 Å². The summed E-state index contributed by atoms with van der Waals surface area (Å²) in [7, 11) is 0. The Morgan fingerprint density at radius 2 is 2.13 bits per heavy atom. The summed E-state index contributed by atoms with van der Waals surface area (Å²) < 4.78 is 19.9. The molecule has 3 rings (SSSR count). The van der Waals surface area contributed by atoms with Crippen LogP contribution in [0.5, 0.6) is 5.75 Å². The lowest BCUT2D eigenvalue weighted by atomic mass is 10.1. The summed E-state index contributed by atoms with van der Waals surface area (Å²) in [5.74, 6) is -0.310. The zero-order chi connectivity index (χ0) is 16.4. The molecule has 0 saturated carbocycles. The van der Waals surface area contributed by atoms with E-state index >= 15 is 0 Å². The zero-order valence-corrected chi connectivity index (χ0v) is 12.6. The highest BCUT2D eigenvalue weighted by molar-refractivity contribution is 5.93. The van der Waals surface area contributed by atoms with Crippen molar-refractivity contribution < 1.29 is 19.1 Å². The van der Waals surface area contributed by atoms with Crippen LogP contribution < -0.4 is 15.1 Å². The summed E-state index contributed by atoms with van der Waals surface area (Å²) in [6.07, 6.45) is 0. The summed E-state index contributed by atoms with van der Waals surface area (Å²) in [4.78, 5) is 13.4. The number of rotatable bonds is 2. The van der Waals surface area contributed by atoms with Gasteiger partial charge in [0.05, 0.1) is 11.7 Å². The van der Waals surface area contributed by atoms with E-state index in [0.717, 1.165) is 5.56 Å². The first-order chi connectivity index (χ1) is 11.1. The Labute approximate surface area is 133 Å². The van der Waals surface area contributed by atoms with Crippen molar-refractivity contribution in [2.24, 2.45) is 0 Å². The molecule has 1 aliphatic rings. The quantitative estimate of drug-likeness (QED) is 0.660. The Hall–Kier alpha value is -2.60. The van der Waals surface area contributed by atoms with Crippen molar-refractivity contribution in [2.45, 2.75) is 19.5 Å². The average Bonchev–Trinajstić information content (AvgIpc) is 2.73. The molecule has 0 saturated heterocycles. The highest BCUT2D eigenvalue weighted by atomic mass is 19.1. The van der Waals surface area contributed by atoms with E-state index in [1.807, 2.05) is 11.8 Å². The van der Waals surface area contributed by atoms with Gasteiger partial charge in [0.1, 0.15) is 18.2 Å². The predicted molar refractivity (Wildman–Crippen MR) is 83.2 cm³/mol. The highest BCUT2D eigenvalue weighted by Crippen LogP contribution is 2.30. The minimum atomic E-state index is -0.598. The second-order valence-corrected chi connectivity index (χ2v) is 5.50. The molecule has 6 heteroatoms. The van der Waals surface area contributed by atoms with Gasteiger partial charge in [-0.15, -0.1) is 0 Å². The Kier molecular flexibility index (Phi) is 4.16. The van der Waals surface area contributed by atoms with Gasteiger partial charge in [0, 0.05) is 17.7 Å². The van der Waals surface area contributed by atoms with E-state index in [1.165, 1.54) is 6.07 Å². The fourth-order valence-corrected chi connectivity index (χ4v) is 2.67. The fourth-order valence-electron chi connectivity index (χ4n) is 2.67. The van der Waals surface area contributed by atoms with Crippen molar-refractivity contribution in [2.75, 3.05) is 11.5 Å². The SMILES string of the molecule is C[C@H]1COc2cc(C(=O)NO)ccc2CN1c1ccccc1F. The third-order valence-electron chi connectivity index (χ3n) is 3.95. The topological polar surface area (TPSA) is 61.8 Å². The van der Waals surface area contributed by atoms with Crippen LogP contribution >= 0.6 is 0 Å². The van der Waals surface area contributed by atoms with E-state index in [9.17, 15) is 9.18 Å². The molecule has 1 atom stereocenters. The molecule has 0 aliphatic carbocycles. The maximum absolute atomic E-state index is 14.1. The standard InChI is InChI=1S/C17H17FN2O3/c1-11-10-23-16-8-12(17(21)19-22)6-7-13(16)9-20(11)15-5-3-2-4-14(15)18/h2-8,11,22H,9-10H2,1H3,(H,19,21)/t11-/m0/s1. The van der Waals surface area contributed by atoms with Crippen molar-refractivity contribution in [3.8, 4) is 5.75 Å². The molecular formula is C17H17FN2O3. The van der Waals surface area contributed by atoms with E-state index in [0.29, 0.717) is 30.2 Å². The van der Waals surface area contributed by atoms with Gasteiger partial charge < -0.3 is 9.64 Å². The predicted octanol–water partition coefficient (Wildman–Crippen LogP) is 2.73. The van der Waals surface area contributed by atoms with E-state index in [4.69, 9.17) is 9.94 Å². The number of hydroxylamine groups is 1. The summed E-state index contributed by atoms with van der Waals surface area (Å²) in [6.45, 7) is 2.80. The van der Waals surface area contributed by atoms with Crippen LogP contribution in [-0.4, -0.2) is 23.8 Å². The molecule has 23 heavy (non-hydrogen) atoms. The molecule has 2 aromatic rings. The van der Waals surface area contributed by atoms with E-state index in [1.54, 1.807) is 41.9 Å². The second-order valence-electron chi connectivity index (χ2n) is 5.50. The Balaban J connectivity index is 1.96. The molecule has 1 amide bonds. The molecule has 1 aliphatic heterocycles. The van der Waals surface area contributed by atoms with Crippen LogP contribution in [0.15, 0.2) is 42.5 Å². The number of carbonyl (C=O) groups is 1. The number of halogens is 1. The van der Waals surface area contributed by atoms with Crippen molar-refractivity contribution in [1.82, 2.24) is 5.48 Å². The number of hydrogen-bond acceptors (Lipinski definition) is 4. The number of para-hydroxylation sites is 1. The first-order valence-corrected chi connectivity index (χ1v) is 7.31. The molecule has 0 radical (unpaired) electrons. The largest absolute Gasteiger partial charge is 0.491 e. The minimum absolute atomic E-state index is 0.0329. The maximum Gasteiger partial charge on any atom is 0.274 e. The lowest BCUT2D eigenvalue weighted by molar-refractivity contribution is 0.0706. The van der Waals surface area contributed by atoms with Gasteiger partial charge in [-0.1, -0.05) is 18.2 Å². The average molecular weight is 316 g/mol. The molecule has 0 spiro atoms. The van der Waals surface area contributed by atoms with Crippen LogP contribution in [0.2, 0.25) is 0 Å². The minimum Gasteiger partial charge on any atom is -0.491 e. The van der Waals surface area contributed by atoms with Gasteiger partial charge in [0.15, 0.2) is 0 Å².